The summed E-state index contributed by atoms with van der Waals surface area (Å²) in [6.07, 6.45) is 5.15. The first kappa shape index (κ1) is 22.0. The van der Waals surface area contributed by atoms with Crippen LogP contribution in [0, 0.1) is 11.8 Å². The first-order valence-electron chi connectivity index (χ1n) is 11.7. The lowest BCUT2D eigenvalue weighted by Gasteiger charge is -2.30. The average Bonchev–Trinajstić information content (AvgIpc) is 3.39. The van der Waals surface area contributed by atoms with Crippen molar-refractivity contribution in [2.75, 3.05) is 19.1 Å². The van der Waals surface area contributed by atoms with Gasteiger partial charge in [-0.15, -0.1) is 0 Å². The van der Waals surface area contributed by atoms with Crippen molar-refractivity contribution in [1.82, 2.24) is 5.01 Å². The van der Waals surface area contributed by atoms with Crippen LogP contribution in [0.15, 0.2) is 77.9 Å². The van der Waals surface area contributed by atoms with Crippen LogP contribution in [0.2, 0.25) is 0 Å². The molecule has 8 heteroatoms. The predicted octanol–water partition coefficient (Wildman–Crippen LogP) is 3.45. The van der Waals surface area contributed by atoms with Gasteiger partial charge in [-0.2, -0.15) is 5.10 Å². The van der Waals surface area contributed by atoms with Gasteiger partial charge in [-0.25, -0.2) is 4.90 Å². The average molecular weight is 482 g/mol. The van der Waals surface area contributed by atoms with Gasteiger partial charge in [0.05, 0.1) is 37.8 Å². The number of hydrogen-bond donors (Lipinski definition) is 0. The molecule has 36 heavy (non-hydrogen) atoms. The summed E-state index contributed by atoms with van der Waals surface area (Å²) < 4.78 is 10.7. The SMILES string of the molecule is COc1ccc(C(=O)[C@H]2[C@H]3C(=O)N(c4ccc5ccccc5c4)C(=O)[C@@H]3[C@H]3C=CC=NN32)cc1OC. The van der Waals surface area contributed by atoms with Crippen LogP contribution < -0.4 is 14.4 Å². The first-order chi connectivity index (χ1) is 17.5. The van der Waals surface area contributed by atoms with Crippen LogP contribution in [0.25, 0.3) is 10.8 Å². The molecule has 0 unspecified atom stereocenters. The molecule has 3 aliphatic heterocycles. The van der Waals surface area contributed by atoms with Crippen LogP contribution in [-0.4, -0.2) is 55.1 Å². The Hall–Kier alpha value is -4.46. The summed E-state index contributed by atoms with van der Waals surface area (Å²) >= 11 is 0. The fourth-order valence-corrected chi connectivity index (χ4v) is 5.57. The summed E-state index contributed by atoms with van der Waals surface area (Å²) in [6.45, 7) is 0. The molecule has 3 aromatic rings. The maximum Gasteiger partial charge on any atom is 0.240 e. The Kier molecular flexibility index (Phi) is 5.10. The van der Waals surface area contributed by atoms with Crippen LogP contribution in [0.4, 0.5) is 5.69 Å². The van der Waals surface area contributed by atoms with Gasteiger partial charge in [-0.3, -0.25) is 19.4 Å². The Bertz CT molecular complexity index is 1480. The molecule has 180 valence electrons. The van der Waals surface area contributed by atoms with E-state index in [1.165, 1.54) is 19.1 Å². The number of hydrazone groups is 1. The number of Topliss-reactive ketones (excluding diaryl/α,β-unsaturated/α-hetero) is 1. The largest absolute Gasteiger partial charge is 0.493 e. The molecule has 0 radical (unpaired) electrons. The van der Waals surface area contributed by atoms with Crippen molar-refractivity contribution in [2.24, 2.45) is 16.9 Å². The highest BCUT2D eigenvalue weighted by atomic mass is 16.5. The smallest absolute Gasteiger partial charge is 0.240 e. The van der Waals surface area contributed by atoms with Crippen molar-refractivity contribution >= 4 is 40.3 Å². The minimum absolute atomic E-state index is 0.303. The lowest BCUT2D eigenvalue weighted by atomic mass is 9.86. The van der Waals surface area contributed by atoms with E-state index in [9.17, 15) is 14.4 Å². The molecule has 6 rings (SSSR count). The number of ether oxygens (including phenoxy) is 2. The van der Waals surface area contributed by atoms with Crippen LogP contribution >= 0.6 is 0 Å². The predicted molar refractivity (Wildman–Crippen MR) is 134 cm³/mol. The number of anilines is 1. The minimum Gasteiger partial charge on any atom is -0.493 e. The third-order valence-electron chi connectivity index (χ3n) is 7.22. The van der Waals surface area contributed by atoms with Crippen LogP contribution in [0.5, 0.6) is 11.5 Å². The fourth-order valence-electron chi connectivity index (χ4n) is 5.57. The second-order valence-corrected chi connectivity index (χ2v) is 8.99. The maximum absolute atomic E-state index is 13.9. The second kappa shape index (κ2) is 8.34. The van der Waals surface area contributed by atoms with Gasteiger partial charge in [0.15, 0.2) is 17.3 Å². The zero-order valence-corrected chi connectivity index (χ0v) is 19.7. The van der Waals surface area contributed by atoms with E-state index in [-0.39, 0.29) is 11.7 Å². The third-order valence-corrected chi connectivity index (χ3v) is 7.22. The van der Waals surface area contributed by atoms with Crippen molar-refractivity contribution in [3.63, 3.8) is 0 Å². The normalized spacial score (nSPS) is 24.3. The highest BCUT2D eigenvalue weighted by Crippen LogP contribution is 2.46. The minimum atomic E-state index is -0.929. The lowest BCUT2D eigenvalue weighted by Crippen LogP contribution is -2.46. The Morgan fingerprint density at radius 3 is 2.39 bits per heavy atom. The van der Waals surface area contributed by atoms with Crippen LogP contribution in [-0.2, 0) is 9.59 Å². The van der Waals surface area contributed by atoms with Crippen molar-refractivity contribution in [2.45, 2.75) is 12.1 Å². The lowest BCUT2D eigenvalue weighted by molar-refractivity contribution is -0.123. The third kappa shape index (κ3) is 3.14. The van der Waals surface area contributed by atoms with E-state index >= 15 is 0 Å². The number of allylic oxidation sites excluding steroid dienone is 1. The van der Waals surface area contributed by atoms with Gasteiger partial charge in [-0.05, 0) is 47.2 Å². The van der Waals surface area contributed by atoms with E-state index in [1.54, 1.807) is 41.6 Å². The maximum atomic E-state index is 13.9. The summed E-state index contributed by atoms with van der Waals surface area (Å²) in [7, 11) is 3.01. The zero-order chi connectivity index (χ0) is 25.0. The molecule has 2 fully saturated rings. The van der Waals surface area contributed by atoms with Gasteiger partial charge in [0.25, 0.3) is 0 Å². The number of imide groups is 1. The van der Waals surface area contributed by atoms with Crippen molar-refractivity contribution in [1.29, 1.82) is 0 Å². The molecule has 2 amide bonds. The molecule has 8 nitrogen and oxygen atoms in total. The molecule has 3 aromatic carbocycles. The van der Waals surface area contributed by atoms with Gasteiger partial charge in [0.2, 0.25) is 11.8 Å². The van der Waals surface area contributed by atoms with Crippen LogP contribution in [0.1, 0.15) is 10.4 Å². The molecule has 0 spiro atoms. The van der Waals surface area contributed by atoms with Gasteiger partial charge in [-0.1, -0.05) is 36.4 Å². The van der Waals surface area contributed by atoms with Gasteiger partial charge in [0, 0.05) is 11.8 Å². The Morgan fingerprint density at radius 2 is 1.61 bits per heavy atom. The summed E-state index contributed by atoms with van der Waals surface area (Å²) in [6, 6.07) is 16.7. The number of benzene rings is 3. The molecule has 3 aliphatic rings. The molecular formula is C28H23N3O5. The fraction of sp³-hybridized carbons (Fsp3) is 0.214. The molecular weight excluding hydrogens is 458 g/mol. The number of methoxy groups -OCH3 is 2. The summed E-state index contributed by atoms with van der Waals surface area (Å²) in [5.74, 6) is -1.70. The van der Waals surface area contributed by atoms with Gasteiger partial charge in [0.1, 0.15) is 6.04 Å². The summed E-state index contributed by atoms with van der Waals surface area (Å²) in [4.78, 5) is 42.7. The second-order valence-electron chi connectivity index (χ2n) is 8.99. The molecule has 0 saturated carbocycles. The molecule has 4 atom stereocenters. The molecule has 0 aliphatic carbocycles. The van der Waals surface area contributed by atoms with E-state index in [4.69, 9.17) is 9.47 Å². The van der Waals surface area contributed by atoms with Gasteiger partial charge < -0.3 is 9.47 Å². The highest BCUT2D eigenvalue weighted by Gasteiger charge is 2.64. The topological polar surface area (TPSA) is 88.5 Å². The van der Waals surface area contributed by atoms with E-state index in [1.807, 2.05) is 42.5 Å². The number of hydrogen-bond acceptors (Lipinski definition) is 7. The molecule has 0 aromatic heterocycles. The summed E-state index contributed by atoms with van der Waals surface area (Å²) in [5, 5.41) is 7.94. The van der Waals surface area contributed by atoms with Crippen molar-refractivity contribution < 1.29 is 23.9 Å². The van der Waals surface area contributed by atoms with E-state index in [0.717, 1.165) is 10.8 Å². The Labute approximate surface area is 207 Å². The van der Waals surface area contributed by atoms with E-state index in [2.05, 4.69) is 5.10 Å². The first-order valence-corrected chi connectivity index (χ1v) is 11.7. The van der Waals surface area contributed by atoms with Crippen molar-refractivity contribution in [3.05, 3.63) is 78.4 Å². The highest BCUT2D eigenvalue weighted by molar-refractivity contribution is 6.25. The quantitative estimate of drug-likeness (QED) is 0.410. The zero-order valence-electron chi connectivity index (χ0n) is 19.7. The number of fused-ring (bicyclic) bond motifs is 4. The number of carbonyl (C=O) groups excluding carboxylic acids is 3. The van der Waals surface area contributed by atoms with E-state index < -0.39 is 29.8 Å². The van der Waals surface area contributed by atoms with E-state index in [0.29, 0.717) is 22.7 Å². The molecule has 0 N–H and O–H groups in total. The number of amides is 2. The molecule has 0 bridgehead atoms. The number of ketones is 1. The molecule has 3 heterocycles. The Balaban J connectivity index is 1.42. The van der Waals surface area contributed by atoms with Crippen LogP contribution in [0.3, 0.4) is 0 Å². The van der Waals surface area contributed by atoms with Gasteiger partial charge >= 0.3 is 0 Å². The number of rotatable bonds is 5. The standard InChI is InChI=1S/C28H23N3O5/c1-35-21-12-10-18(15-22(21)36-2)26(32)25-24-23(20-8-5-13-29-31(20)25)27(33)30(28(24)34)19-11-9-16-6-3-4-7-17(16)14-19/h3-15,20,23-25H,1-2H3/t20-,23-,24+,25-/m1/s1. The summed E-state index contributed by atoms with van der Waals surface area (Å²) in [5.41, 5.74) is 0.858. The molecule has 2 saturated heterocycles. The monoisotopic (exact) mass is 481 g/mol. The van der Waals surface area contributed by atoms with Crippen molar-refractivity contribution in [3.8, 4) is 11.5 Å². The number of nitrogens with zero attached hydrogens (tertiary/aromatic N) is 3. The number of carbonyl (C=O) groups is 3. The Morgan fingerprint density at radius 1 is 0.861 bits per heavy atom.